The predicted molar refractivity (Wildman–Crippen MR) is 75.7 cm³/mol. The number of halogens is 2. The molecule has 0 aromatic rings. The minimum Gasteiger partial charge on any atom is -0.462 e. The van der Waals surface area contributed by atoms with Gasteiger partial charge in [0.2, 0.25) is 0 Å². The van der Waals surface area contributed by atoms with Crippen LogP contribution in [-0.2, 0) is 19.1 Å². The van der Waals surface area contributed by atoms with Crippen molar-refractivity contribution in [2.24, 2.45) is 0 Å². The molecule has 0 saturated carbocycles. The summed E-state index contributed by atoms with van der Waals surface area (Å²) in [4.78, 5) is 22.7. The van der Waals surface area contributed by atoms with Crippen LogP contribution in [0.5, 0.6) is 0 Å². The number of rotatable bonds is 11. The zero-order valence-corrected chi connectivity index (χ0v) is 12.8. The lowest BCUT2D eigenvalue weighted by Crippen LogP contribution is -2.22. The molecular formula is C13H22Cl2O4. The van der Waals surface area contributed by atoms with Crippen molar-refractivity contribution in [2.45, 2.75) is 51.6 Å². The van der Waals surface area contributed by atoms with Gasteiger partial charge in [-0.3, -0.25) is 9.59 Å². The van der Waals surface area contributed by atoms with Crippen molar-refractivity contribution < 1.29 is 19.1 Å². The van der Waals surface area contributed by atoms with E-state index in [0.717, 1.165) is 19.3 Å². The Morgan fingerprint density at radius 3 is 2.00 bits per heavy atom. The van der Waals surface area contributed by atoms with Gasteiger partial charge in [0.1, 0.15) is 12.7 Å². The molecule has 112 valence electrons. The van der Waals surface area contributed by atoms with E-state index in [1.54, 1.807) is 6.92 Å². The van der Waals surface area contributed by atoms with E-state index in [0.29, 0.717) is 31.0 Å². The summed E-state index contributed by atoms with van der Waals surface area (Å²) >= 11 is 11.0. The smallest absolute Gasteiger partial charge is 0.306 e. The molecule has 1 unspecified atom stereocenters. The first-order valence-electron chi connectivity index (χ1n) is 6.57. The van der Waals surface area contributed by atoms with Crippen molar-refractivity contribution in [2.75, 3.05) is 18.4 Å². The lowest BCUT2D eigenvalue weighted by Gasteiger charge is -2.13. The first-order valence-corrected chi connectivity index (χ1v) is 7.64. The van der Waals surface area contributed by atoms with Gasteiger partial charge in [-0.1, -0.05) is 0 Å². The fraction of sp³-hybridized carbons (Fsp3) is 0.846. The van der Waals surface area contributed by atoms with Crippen LogP contribution >= 0.6 is 23.2 Å². The van der Waals surface area contributed by atoms with Crippen LogP contribution in [0.2, 0.25) is 0 Å². The van der Waals surface area contributed by atoms with E-state index in [1.165, 1.54) is 0 Å². The molecule has 0 aliphatic heterocycles. The number of carbonyl (C=O) groups excluding carboxylic acids is 2. The molecule has 0 rings (SSSR count). The molecule has 0 spiro atoms. The molecule has 0 aliphatic rings. The Hall–Kier alpha value is -0.480. The zero-order valence-electron chi connectivity index (χ0n) is 11.3. The Morgan fingerprint density at radius 1 is 0.947 bits per heavy atom. The van der Waals surface area contributed by atoms with Crippen LogP contribution < -0.4 is 0 Å². The van der Waals surface area contributed by atoms with Gasteiger partial charge in [-0.2, -0.15) is 0 Å². The van der Waals surface area contributed by atoms with E-state index in [1.807, 2.05) is 0 Å². The molecule has 0 N–H and O–H groups in total. The highest BCUT2D eigenvalue weighted by atomic mass is 35.5. The van der Waals surface area contributed by atoms with E-state index < -0.39 is 6.10 Å². The summed E-state index contributed by atoms with van der Waals surface area (Å²) in [5.41, 5.74) is 0. The fourth-order valence-corrected chi connectivity index (χ4v) is 1.71. The third-order valence-electron chi connectivity index (χ3n) is 2.34. The standard InChI is InChI=1S/C13H22Cl2O4/c1-11(19-13(17)7-3-5-9-15)10-18-12(16)6-2-4-8-14/h11H,2-10H2,1H3. The van der Waals surface area contributed by atoms with E-state index in [4.69, 9.17) is 32.7 Å². The second-order valence-corrected chi connectivity index (χ2v) is 5.03. The van der Waals surface area contributed by atoms with Crippen LogP contribution in [0.15, 0.2) is 0 Å². The minimum absolute atomic E-state index is 0.0982. The summed E-state index contributed by atoms with van der Waals surface area (Å²) in [5.74, 6) is 0.526. The quantitative estimate of drug-likeness (QED) is 0.334. The van der Waals surface area contributed by atoms with Gasteiger partial charge in [0.15, 0.2) is 0 Å². The number of ether oxygens (including phenoxy) is 2. The van der Waals surface area contributed by atoms with E-state index >= 15 is 0 Å². The largest absolute Gasteiger partial charge is 0.462 e. The van der Waals surface area contributed by atoms with E-state index in [9.17, 15) is 9.59 Å². The molecule has 0 fully saturated rings. The Balaban J connectivity index is 3.59. The van der Waals surface area contributed by atoms with Crippen LogP contribution in [0, 0.1) is 0 Å². The minimum atomic E-state index is -0.416. The highest BCUT2D eigenvalue weighted by Crippen LogP contribution is 2.04. The van der Waals surface area contributed by atoms with Gasteiger partial charge in [0, 0.05) is 24.6 Å². The second kappa shape index (κ2) is 12.5. The Labute approximate surface area is 124 Å². The molecule has 6 heteroatoms. The summed E-state index contributed by atoms with van der Waals surface area (Å²) < 4.78 is 10.1. The average molecular weight is 313 g/mol. The summed E-state index contributed by atoms with van der Waals surface area (Å²) in [6.07, 6.45) is 3.30. The monoisotopic (exact) mass is 312 g/mol. The zero-order chi connectivity index (χ0) is 14.5. The SMILES string of the molecule is CC(COC(=O)CCCCCl)OC(=O)CCCCCl. The maximum atomic E-state index is 11.4. The second-order valence-electron chi connectivity index (χ2n) is 4.28. The number of hydrogen-bond acceptors (Lipinski definition) is 4. The molecule has 0 aliphatic carbocycles. The fourth-order valence-electron chi connectivity index (χ4n) is 1.33. The summed E-state index contributed by atoms with van der Waals surface area (Å²) in [7, 11) is 0. The predicted octanol–water partition coefficient (Wildman–Crippen LogP) is 3.28. The maximum Gasteiger partial charge on any atom is 0.306 e. The molecule has 0 amide bonds. The average Bonchev–Trinajstić information content (AvgIpc) is 2.37. The van der Waals surface area contributed by atoms with E-state index in [-0.39, 0.29) is 18.5 Å². The van der Waals surface area contributed by atoms with Crippen LogP contribution in [0.3, 0.4) is 0 Å². The number of unbranched alkanes of at least 4 members (excludes halogenated alkanes) is 2. The number of alkyl halides is 2. The van der Waals surface area contributed by atoms with Crippen LogP contribution in [0.4, 0.5) is 0 Å². The molecule has 0 radical (unpaired) electrons. The van der Waals surface area contributed by atoms with Gasteiger partial charge < -0.3 is 9.47 Å². The Kier molecular flexibility index (Phi) is 12.2. The first kappa shape index (κ1) is 18.5. The molecular weight excluding hydrogens is 291 g/mol. The number of carbonyl (C=O) groups is 2. The maximum absolute atomic E-state index is 11.4. The van der Waals surface area contributed by atoms with Gasteiger partial charge in [-0.25, -0.2) is 0 Å². The lowest BCUT2D eigenvalue weighted by atomic mass is 10.2. The van der Waals surface area contributed by atoms with Crippen LogP contribution in [0.25, 0.3) is 0 Å². The molecule has 0 heterocycles. The molecule has 1 atom stereocenters. The molecule has 0 aromatic heterocycles. The van der Waals surface area contributed by atoms with Gasteiger partial charge in [0.25, 0.3) is 0 Å². The highest BCUT2D eigenvalue weighted by molar-refractivity contribution is 6.18. The third-order valence-corrected chi connectivity index (χ3v) is 2.88. The molecule has 0 aromatic carbocycles. The van der Waals surface area contributed by atoms with Crippen molar-refractivity contribution in [3.63, 3.8) is 0 Å². The summed E-state index contributed by atoms with van der Waals surface area (Å²) in [5, 5.41) is 0. The van der Waals surface area contributed by atoms with Crippen molar-refractivity contribution in [3.05, 3.63) is 0 Å². The van der Waals surface area contributed by atoms with E-state index in [2.05, 4.69) is 0 Å². The Morgan fingerprint density at radius 2 is 1.47 bits per heavy atom. The molecule has 0 saturated heterocycles. The molecule has 0 bridgehead atoms. The van der Waals surface area contributed by atoms with Gasteiger partial charge in [-0.15, -0.1) is 23.2 Å². The van der Waals surface area contributed by atoms with Crippen LogP contribution in [0.1, 0.15) is 45.4 Å². The Bertz CT molecular complexity index is 259. The van der Waals surface area contributed by atoms with Gasteiger partial charge in [0.05, 0.1) is 0 Å². The number of hydrogen-bond donors (Lipinski definition) is 0. The van der Waals surface area contributed by atoms with Crippen molar-refractivity contribution in [1.82, 2.24) is 0 Å². The molecule has 4 nitrogen and oxygen atoms in total. The van der Waals surface area contributed by atoms with Crippen LogP contribution in [-0.4, -0.2) is 36.4 Å². The summed E-state index contributed by atoms with van der Waals surface area (Å²) in [6, 6.07) is 0. The summed E-state index contributed by atoms with van der Waals surface area (Å²) in [6.45, 7) is 1.80. The topological polar surface area (TPSA) is 52.6 Å². The third kappa shape index (κ3) is 12.3. The normalized spacial score (nSPS) is 11.9. The van der Waals surface area contributed by atoms with Gasteiger partial charge in [-0.05, 0) is 32.6 Å². The first-order chi connectivity index (χ1) is 9.10. The van der Waals surface area contributed by atoms with Crippen molar-refractivity contribution in [3.8, 4) is 0 Å². The lowest BCUT2D eigenvalue weighted by molar-refractivity contribution is -0.158. The molecule has 19 heavy (non-hydrogen) atoms. The van der Waals surface area contributed by atoms with Crippen molar-refractivity contribution >= 4 is 35.1 Å². The van der Waals surface area contributed by atoms with Gasteiger partial charge >= 0.3 is 11.9 Å². The highest BCUT2D eigenvalue weighted by Gasteiger charge is 2.11. The van der Waals surface area contributed by atoms with Crippen molar-refractivity contribution in [1.29, 1.82) is 0 Å². The number of esters is 2.